The molecule has 1 aromatic rings. The predicted octanol–water partition coefficient (Wildman–Crippen LogP) is 3.61. The molecule has 0 saturated heterocycles. The maximum absolute atomic E-state index is 6.01. The second-order valence-electron chi connectivity index (χ2n) is 4.84. The first-order chi connectivity index (χ1) is 8.74. The molecule has 1 aromatic heterocycles. The molecule has 5 heteroatoms. The summed E-state index contributed by atoms with van der Waals surface area (Å²) in [6, 6.07) is 4.42. The number of nitrogens with two attached hydrogens (primary N) is 1. The Morgan fingerprint density at radius 3 is 2.72 bits per heavy atom. The summed E-state index contributed by atoms with van der Waals surface area (Å²) < 4.78 is 0.801. The van der Waals surface area contributed by atoms with E-state index in [0.717, 1.165) is 14.9 Å². The zero-order valence-corrected chi connectivity index (χ0v) is 11.7. The van der Waals surface area contributed by atoms with E-state index >= 15 is 0 Å². The van der Waals surface area contributed by atoms with Gasteiger partial charge in [0.25, 0.3) is 0 Å². The minimum atomic E-state index is -0.331. The number of nitrogens with zero attached hydrogens (tertiary/aromatic N) is 1. The molecular weight excluding hydrogens is 268 g/mol. The highest BCUT2D eigenvalue weighted by atomic mass is 35.5. The zero-order chi connectivity index (χ0) is 12.5. The third kappa shape index (κ3) is 2.43. The van der Waals surface area contributed by atoms with Crippen LogP contribution >= 0.6 is 22.9 Å². The van der Waals surface area contributed by atoms with E-state index in [4.69, 9.17) is 22.2 Å². The van der Waals surface area contributed by atoms with Gasteiger partial charge in [0, 0.05) is 0 Å². The minimum Gasteiger partial charge on any atom is -0.301 e. The standard InChI is InChI=1S/C13H17ClN2OS/c14-12-7-6-11(18-12)10-8-13(15)17-16(10)9-4-2-1-3-5-9/h6-9,13H,1-5,15H2. The van der Waals surface area contributed by atoms with Gasteiger partial charge in [-0.2, -0.15) is 0 Å². The normalized spacial score (nSPS) is 25.6. The molecule has 2 aliphatic rings. The summed E-state index contributed by atoms with van der Waals surface area (Å²) >= 11 is 7.58. The highest BCUT2D eigenvalue weighted by Crippen LogP contribution is 2.37. The van der Waals surface area contributed by atoms with Crippen molar-refractivity contribution >= 4 is 28.6 Å². The Hall–Kier alpha value is -0.550. The number of halogens is 1. The Morgan fingerprint density at radius 2 is 2.06 bits per heavy atom. The molecule has 0 amide bonds. The van der Waals surface area contributed by atoms with E-state index in [1.54, 1.807) is 11.3 Å². The van der Waals surface area contributed by atoms with Crippen molar-refractivity contribution in [1.82, 2.24) is 5.06 Å². The zero-order valence-electron chi connectivity index (χ0n) is 10.1. The first kappa shape index (κ1) is 12.5. The number of rotatable bonds is 2. The van der Waals surface area contributed by atoms with E-state index < -0.39 is 0 Å². The molecule has 1 unspecified atom stereocenters. The molecule has 1 aliphatic carbocycles. The van der Waals surface area contributed by atoms with E-state index in [-0.39, 0.29) is 6.23 Å². The highest BCUT2D eigenvalue weighted by molar-refractivity contribution is 7.17. The summed E-state index contributed by atoms with van der Waals surface area (Å²) in [5.41, 5.74) is 6.99. The van der Waals surface area contributed by atoms with Crippen LogP contribution in [0, 0.1) is 0 Å². The fourth-order valence-electron chi connectivity index (χ4n) is 2.69. The highest BCUT2D eigenvalue weighted by Gasteiger charge is 2.31. The van der Waals surface area contributed by atoms with Crippen molar-refractivity contribution in [2.45, 2.75) is 44.4 Å². The van der Waals surface area contributed by atoms with Gasteiger partial charge in [-0.25, -0.2) is 5.06 Å². The molecule has 3 nitrogen and oxygen atoms in total. The van der Waals surface area contributed by atoms with Crippen LogP contribution in [0.15, 0.2) is 18.2 Å². The summed E-state index contributed by atoms with van der Waals surface area (Å²) in [5, 5.41) is 2.02. The van der Waals surface area contributed by atoms with Gasteiger partial charge < -0.3 is 5.73 Å². The van der Waals surface area contributed by atoms with Gasteiger partial charge in [0.1, 0.15) is 0 Å². The van der Waals surface area contributed by atoms with E-state index in [1.165, 1.54) is 32.1 Å². The lowest BCUT2D eigenvalue weighted by molar-refractivity contribution is -0.151. The predicted molar refractivity (Wildman–Crippen MR) is 75.1 cm³/mol. The van der Waals surface area contributed by atoms with Gasteiger partial charge in [0.15, 0.2) is 6.23 Å². The molecule has 0 bridgehead atoms. The molecular formula is C13H17ClN2OS. The van der Waals surface area contributed by atoms with Crippen LogP contribution in [0.3, 0.4) is 0 Å². The van der Waals surface area contributed by atoms with Crippen LogP contribution in [0.25, 0.3) is 5.70 Å². The first-order valence-electron chi connectivity index (χ1n) is 6.43. The topological polar surface area (TPSA) is 38.5 Å². The fraction of sp³-hybridized carbons (Fsp3) is 0.538. The Bertz CT molecular complexity index is 454. The van der Waals surface area contributed by atoms with Crippen molar-refractivity contribution in [3.8, 4) is 0 Å². The Morgan fingerprint density at radius 1 is 1.28 bits per heavy atom. The number of hydroxylamine groups is 2. The second-order valence-corrected chi connectivity index (χ2v) is 6.56. The molecule has 98 valence electrons. The van der Waals surface area contributed by atoms with Crippen LogP contribution in [0.1, 0.15) is 37.0 Å². The van der Waals surface area contributed by atoms with Crippen molar-refractivity contribution in [3.05, 3.63) is 27.4 Å². The van der Waals surface area contributed by atoms with Crippen molar-refractivity contribution in [1.29, 1.82) is 0 Å². The van der Waals surface area contributed by atoms with Crippen LogP contribution in [0.5, 0.6) is 0 Å². The lowest BCUT2D eigenvalue weighted by Gasteiger charge is -2.33. The molecule has 1 fully saturated rings. The van der Waals surface area contributed by atoms with Gasteiger partial charge in [0.05, 0.1) is 21.0 Å². The summed E-state index contributed by atoms with van der Waals surface area (Å²) in [4.78, 5) is 6.90. The average molecular weight is 285 g/mol. The summed E-state index contributed by atoms with van der Waals surface area (Å²) in [7, 11) is 0. The molecule has 18 heavy (non-hydrogen) atoms. The van der Waals surface area contributed by atoms with Gasteiger partial charge in [-0.3, -0.25) is 4.84 Å². The second kappa shape index (κ2) is 5.21. The Kier molecular flexibility index (Phi) is 3.61. The number of hydrogen-bond donors (Lipinski definition) is 1. The molecule has 3 rings (SSSR count). The Balaban J connectivity index is 1.83. The van der Waals surface area contributed by atoms with Gasteiger partial charge in [-0.15, -0.1) is 11.3 Å². The summed E-state index contributed by atoms with van der Waals surface area (Å²) in [6.45, 7) is 0. The van der Waals surface area contributed by atoms with E-state index in [9.17, 15) is 0 Å². The van der Waals surface area contributed by atoms with E-state index in [2.05, 4.69) is 0 Å². The average Bonchev–Trinajstić information content (AvgIpc) is 2.96. The van der Waals surface area contributed by atoms with E-state index in [0.29, 0.717) is 6.04 Å². The monoisotopic (exact) mass is 284 g/mol. The van der Waals surface area contributed by atoms with Crippen molar-refractivity contribution < 1.29 is 4.84 Å². The van der Waals surface area contributed by atoms with Crippen LogP contribution in [-0.2, 0) is 4.84 Å². The molecule has 0 radical (unpaired) electrons. The van der Waals surface area contributed by atoms with Gasteiger partial charge in [0.2, 0.25) is 0 Å². The molecule has 0 spiro atoms. The van der Waals surface area contributed by atoms with Gasteiger partial charge >= 0.3 is 0 Å². The number of hydrogen-bond acceptors (Lipinski definition) is 4. The SMILES string of the molecule is NC1C=C(c2ccc(Cl)s2)N(C2CCCCC2)O1. The summed E-state index contributed by atoms with van der Waals surface area (Å²) in [6.07, 6.45) is 7.91. The van der Waals surface area contributed by atoms with Crippen LogP contribution in [0.4, 0.5) is 0 Å². The molecule has 2 heterocycles. The largest absolute Gasteiger partial charge is 0.301 e. The van der Waals surface area contributed by atoms with Crippen LogP contribution in [-0.4, -0.2) is 17.3 Å². The third-order valence-corrected chi connectivity index (χ3v) is 4.78. The molecule has 1 aliphatic heterocycles. The Labute approximate surface area is 116 Å². The van der Waals surface area contributed by atoms with Crippen molar-refractivity contribution in [2.24, 2.45) is 5.73 Å². The maximum atomic E-state index is 6.01. The fourth-order valence-corrected chi connectivity index (χ4v) is 3.75. The van der Waals surface area contributed by atoms with Crippen molar-refractivity contribution in [3.63, 3.8) is 0 Å². The molecule has 1 atom stereocenters. The maximum Gasteiger partial charge on any atom is 0.155 e. The molecule has 1 saturated carbocycles. The quantitative estimate of drug-likeness (QED) is 0.902. The van der Waals surface area contributed by atoms with Gasteiger partial charge in [-0.1, -0.05) is 30.9 Å². The van der Waals surface area contributed by atoms with E-state index in [1.807, 2.05) is 23.3 Å². The molecule has 2 N–H and O–H groups in total. The smallest absolute Gasteiger partial charge is 0.155 e. The van der Waals surface area contributed by atoms with Crippen molar-refractivity contribution in [2.75, 3.05) is 0 Å². The molecule has 0 aromatic carbocycles. The van der Waals surface area contributed by atoms with Crippen LogP contribution < -0.4 is 5.73 Å². The van der Waals surface area contributed by atoms with Crippen LogP contribution in [0.2, 0.25) is 4.34 Å². The number of thiophene rings is 1. The van der Waals surface area contributed by atoms with Gasteiger partial charge in [-0.05, 0) is 31.1 Å². The lowest BCUT2D eigenvalue weighted by atomic mass is 9.95. The summed E-state index contributed by atoms with van der Waals surface area (Å²) in [5.74, 6) is 0. The minimum absolute atomic E-state index is 0.331. The lowest BCUT2D eigenvalue weighted by Crippen LogP contribution is -2.35. The third-order valence-electron chi connectivity index (χ3n) is 3.53. The first-order valence-corrected chi connectivity index (χ1v) is 7.62.